The second-order valence-electron chi connectivity index (χ2n) is 9.17. The Labute approximate surface area is 210 Å². The van der Waals surface area contributed by atoms with E-state index < -0.39 is 12.0 Å². The highest BCUT2D eigenvalue weighted by Gasteiger charge is 2.22. The first kappa shape index (κ1) is 25.2. The van der Waals surface area contributed by atoms with E-state index in [-0.39, 0.29) is 0 Å². The molecule has 3 N–H and O–H groups in total. The number of pyridine rings is 1. The predicted octanol–water partition coefficient (Wildman–Crippen LogP) is 4.42. The van der Waals surface area contributed by atoms with Gasteiger partial charge in [-0.25, -0.2) is 14.5 Å². The van der Waals surface area contributed by atoms with Gasteiger partial charge in [0.25, 0.3) is 0 Å². The molecule has 0 bridgehead atoms. The maximum atomic E-state index is 12.2. The predicted molar refractivity (Wildman–Crippen MR) is 137 cm³/mol. The van der Waals surface area contributed by atoms with Crippen molar-refractivity contribution in [2.45, 2.75) is 70.4 Å². The van der Waals surface area contributed by atoms with E-state index in [2.05, 4.69) is 51.2 Å². The van der Waals surface area contributed by atoms with Gasteiger partial charge in [0.1, 0.15) is 11.9 Å². The molecule has 4 rings (SSSR count). The summed E-state index contributed by atoms with van der Waals surface area (Å²) in [6, 6.07) is 7.80. The van der Waals surface area contributed by atoms with E-state index in [1.807, 2.05) is 24.7 Å². The molecule has 3 heterocycles. The zero-order chi connectivity index (χ0) is 24.8. The van der Waals surface area contributed by atoms with E-state index in [1.54, 1.807) is 6.20 Å². The van der Waals surface area contributed by atoms with Gasteiger partial charge >= 0.3 is 5.97 Å². The Hall–Kier alpha value is -2.88. The van der Waals surface area contributed by atoms with E-state index in [9.17, 15) is 4.79 Å². The van der Waals surface area contributed by atoms with Crippen molar-refractivity contribution in [1.29, 1.82) is 0 Å². The maximum Gasteiger partial charge on any atom is 0.359 e. The molecule has 35 heavy (non-hydrogen) atoms. The summed E-state index contributed by atoms with van der Waals surface area (Å²) in [5.74, 6) is 0.304. The highest BCUT2D eigenvalue weighted by molar-refractivity contribution is 7.97. The lowest BCUT2D eigenvalue weighted by molar-refractivity contribution is -0.236. The zero-order valence-corrected chi connectivity index (χ0v) is 21.3. The van der Waals surface area contributed by atoms with Crippen molar-refractivity contribution < 1.29 is 14.9 Å². The third-order valence-electron chi connectivity index (χ3n) is 6.18. The van der Waals surface area contributed by atoms with Crippen molar-refractivity contribution in [3.8, 4) is 0 Å². The number of carbonyl (C=O) groups is 1. The molecule has 0 spiro atoms. The van der Waals surface area contributed by atoms with Gasteiger partial charge in [0.05, 0.1) is 6.20 Å². The number of benzene rings is 1. The molecule has 0 saturated heterocycles. The minimum atomic E-state index is -0.722. The molecule has 8 nitrogen and oxygen atoms in total. The zero-order valence-electron chi connectivity index (χ0n) is 20.5. The fourth-order valence-electron chi connectivity index (χ4n) is 4.49. The van der Waals surface area contributed by atoms with Crippen molar-refractivity contribution in [2.75, 3.05) is 11.9 Å². The molecule has 1 aliphatic rings. The molecular formula is C26H33N5O3S. The van der Waals surface area contributed by atoms with Gasteiger partial charge in [0.2, 0.25) is 0 Å². The number of hydrogen-bond acceptors (Lipinski definition) is 8. The molecule has 1 atom stereocenters. The monoisotopic (exact) mass is 495 g/mol. The second kappa shape index (κ2) is 11.7. The van der Waals surface area contributed by atoms with E-state index in [0.29, 0.717) is 6.42 Å². The van der Waals surface area contributed by atoms with Gasteiger partial charge in [-0.2, -0.15) is 10.4 Å². The highest BCUT2D eigenvalue weighted by Crippen LogP contribution is 2.26. The van der Waals surface area contributed by atoms with Crippen molar-refractivity contribution in [3.63, 3.8) is 0 Å². The third-order valence-corrected chi connectivity index (χ3v) is 7.43. The van der Waals surface area contributed by atoms with Crippen LogP contribution in [-0.4, -0.2) is 38.6 Å². The minimum Gasteiger partial charge on any atom is -0.370 e. The summed E-state index contributed by atoms with van der Waals surface area (Å²) in [5.41, 5.74) is 6.73. The van der Waals surface area contributed by atoms with Gasteiger partial charge in [-0.1, -0.05) is 23.8 Å². The molecule has 0 aliphatic carbocycles. The number of rotatable bonds is 10. The number of carbonyl (C=O) groups excluding carboxylic acids is 1. The van der Waals surface area contributed by atoms with Crippen molar-refractivity contribution in [3.05, 3.63) is 70.2 Å². The van der Waals surface area contributed by atoms with Gasteiger partial charge in [-0.3, -0.25) is 9.57 Å². The smallest absolute Gasteiger partial charge is 0.359 e. The summed E-state index contributed by atoms with van der Waals surface area (Å²) in [5, 5.41) is 16.8. The van der Waals surface area contributed by atoms with Crippen LogP contribution in [0.2, 0.25) is 0 Å². The Bertz CT molecular complexity index is 1160. The number of aromatic nitrogens is 3. The summed E-state index contributed by atoms with van der Waals surface area (Å²) in [4.78, 5) is 22.1. The Balaban J connectivity index is 1.32. The molecule has 0 amide bonds. The van der Waals surface area contributed by atoms with Gasteiger partial charge in [0, 0.05) is 36.3 Å². The molecule has 2 aromatic heterocycles. The van der Waals surface area contributed by atoms with E-state index in [0.717, 1.165) is 71.9 Å². The van der Waals surface area contributed by atoms with Crippen LogP contribution in [-0.2, 0) is 35.5 Å². The normalized spacial score (nSPS) is 13.7. The molecule has 1 aromatic carbocycles. The van der Waals surface area contributed by atoms with Crippen LogP contribution in [0.4, 0.5) is 5.82 Å². The Morgan fingerprint density at radius 2 is 2.09 bits per heavy atom. The minimum absolute atomic E-state index is 0.356. The number of fused-ring (bicyclic) bond motifs is 1. The number of anilines is 1. The van der Waals surface area contributed by atoms with Gasteiger partial charge in [-0.15, -0.1) is 0 Å². The fourth-order valence-corrected chi connectivity index (χ4v) is 5.37. The van der Waals surface area contributed by atoms with Crippen LogP contribution in [0.3, 0.4) is 0 Å². The lowest BCUT2D eigenvalue weighted by atomic mass is 10.1. The number of nitrogens with one attached hydrogen (secondary N) is 2. The number of hydrogen-bond donors (Lipinski definition) is 3. The van der Waals surface area contributed by atoms with Crippen molar-refractivity contribution in [1.82, 2.24) is 19.5 Å². The van der Waals surface area contributed by atoms with Gasteiger partial charge < -0.3 is 5.32 Å². The molecule has 3 aromatic rings. The molecule has 1 unspecified atom stereocenters. The van der Waals surface area contributed by atoms with Crippen LogP contribution in [0.5, 0.6) is 0 Å². The molecule has 0 saturated carbocycles. The Morgan fingerprint density at radius 3 is 2.86 bits per heavy atom. The van der Waals surface area contributed by atoms with Gasteiger partial charge in [0.15, 0.2) is 0 Å². The summed E-state index contributed by atoms with van der Waals surface area (Å²) in [6.07, 6.45) is 8.09. The average molecular weight is 496 g/mol. The Morgan fingerprint density at radius 1 is 1.29 bits per heavy atom. The molecule has 1 aliphatic heterocycles. The molecule has 9 heteroatoms. The first-order valence-electron chi connectivity index (χ1n) is 12.0. The van der Waals surface area contributed by atoms with E-state index in [4.69, 9.17) is 10.2 Å². The SMILES string of the molecule is Cc1cc(C)c(SNC(Cc2cnn(CCCc3ccc4c(n3)NCCC4)c2)C(=O)OO)c(C)c1. The summed E-state index contributed by atoms with van der Waals surface area (Å²) >= 11 is 1.38. The third kappa shape index (κ3) is 6.62. The second-order valence-corrected chi connectivity index (χ2v) is 10.0. The topological polar surface area (TPSA) is 101 Å². The maximum absolute atomic E-state index is 12.2. The number of nitrogens with zero attached hydrogens (tertiary/aromatic N) is 3. The Kier molecular flexibility index (Phi) is 8.43. The number of aryl methyl sites for hydroxylation is 6. The lowest BCUT2D eigenvalue weighted by Gasteiger charge is -2.17. The van der Waals surface area contributed by atoms with Crippen LogP contribution < -0.4 is 10.0 Å². The molecule has 186 valence electrons. The molecular weight excluding hydrogens is 462 g/mol. The fraction of sp³-hybridized carbons (Fsp3) is 0.423. The lowest BCUT2D eigenvalue weighted by Crippen LogP contribution is -2.35. The first-order chi connectivity index (χ1) is 16.9. The summed E-state index contributed by atoms with van der Waals surface area (Å²) in [7, 11) is 0. The van der Waals surface area contributed by atoms with Crippen LogP contribution in [0, 0.1) is 20.8 Å². The van der Waals surface area contributed by atoms with Crippen molar-refractivity contribution in [2.24, 2.45) is 0 Å². The van der Waals surface area contributed by atoms with Crippen LogP contribution in [0.1, 0.15) is 46.4 Å². The summed E-state index contributed by atoms with van der Waals surface area (Å²) in [6.45, 7) is 7.90. The van der Waals surface area contributed by atoms with Crippen molar-refractivity contribution >= 4 is 23.7 Å². The average Bonchev–Trinajstić information content (AvgIpc) is 3.29. The van der Waals surface area contributed by atoms with E-state index in [1.165, 1.54) is 23.1 Å². The largest absolute Gasteiger partial charge is 0.370 e. The van der Waals surface area contributed by atoms with Crippen LogP contribution >= 0.6 is 11.9 Å². The molecule has 0 fully saturated rings. The molecule has 0 radical (unpaired) electrons. The van der Waals surface area contributed by atoms with Crippen LogP contribution in [0.15, 0.2) is 41.6 Å². The summed E-state index contributed by atoms with van der Waals surface area (Å²) < 4.78 is 5.05. The highest BCUT2D eigenvalue weighted by atomic mass is 32.2. The quantitative estimate of drug-likeness (QED) is 0.216. The van der Waals surface area contributed by atoms with Gasteiger partial charge in [-0.05, 0) is 86.7 Å². The standard InChI is InChI=1S/C26H33N5O3S/c1-17-12-18(2)24(19(3)13-17)35-30-23(26(32)34-33)14-20-15-28-31(16-20)11-5-7-22-9-8-21-6-4-10-27-25(21)29-22/h8-9,12-13,15-16,23,30,33H,4-7,10-11,14H2,1-3H3,(H,27,29). The first-order valence-corrected chi connectivity index (χ1v) is 12.8. The van der Waals surface area contributed by atoms with E-state index >= 15 is 0 Å². The van der Waals surface area contributed by atoms with Crippen LogP contribution in [0.25, 0.3) is 0 Å².